The molecule has 0 aliphatic rings. The maximum atomic E-state index is 13.8. The predicted molar refractivity (Wildman–Crippen MR) is 91.7 cm³/mol. The standard InChI is InChI=1S/C17H17FN6O/c1-10-4-6-12(7-5-10)14-8-15(21-20-14)17(25)22-19-9-13-11(2)23-24(3)16(13)18/h4-9H,1-3H3,(H,20,21)(H,22,25)/b19-9+. The number of hydrogen-bond donors (Lipinski definition) is 2. The fourth-order valence-corrected chi connectivity index (χ4v) is 2.32. The summed E-state index contributed by atoms with van der Waals surface area (Å²) in [5, 5.41) is 14.5. The SMILES string of the molecule is Cc1ccc(-c2cc(C(=O)N/N=C/c3c(C)nn(C)c3F)[nH]n2)cc1. The third kappa shape index (κ3) is 3.47. The second-order valence-corrected chi connectivity index (χ2v) is 5.65. The molecule has 0 aliphatic heterocycles. The van der Waals surface area contributed by atoms with Crippen molar-refractivity contribution in [3.8, 4) is 11.3 Å². The van der Waals surface area contributed by atoms with Crippen molar-refractivity contribution in [3.63, 3.8) is 0 Å². The Morgan fingerprint density at radius 3 is 2.68 bits per heavy atom. The molecule has 2 aromatic heterocycles. The Hall–Kier alpha value is -3.29. The van der Waals surface area contributed by atoms with Gasteiger partial charge in [-0.1, -0.05) is 29.8 Å². The normalized spacial score (nSPS) is 11.2. The third-order valence-electron chi connectivity index (χ3n) is 3.73. The van der Waals surface area contributed by atoms with E-state index in [0.29, 0.717) is 11.4 Å². The van der Waals surface area contributed by atoms with Gasteiger partial charge in [0.25, 0.3) is 5.91 Å². The lowest BCUT2D eigenvalue weighted by Gasteiger charge is -1.96. The summed E-state index contributed by atoms with van der Waals surface area (Å²) < 4.78 is 14.9. The molecule has 3 aromatic rings. The Kier molecular flexibility index (Phi) is 4.42. The summed E-state index contributed by atoms with van der Waals surface area (Å²) in [6.07, 6.45) is 1.23. The second-order valence-electron chi connectivity index (χ2n) is 5.65. The fraction of sp³-hybridized carbons (Fsp3) is 0.176. The van der Waals surface area contributed by atoms with Crippen LogP contribution in [-0.4, -0.2) is 32.1 Å². The van der Waals surface area contributed by atoms with Gasteiger partial charge >= 0.3 is 0 Å². The van der Waals surface area contributed by atoms with Crippen LogP contribution in [0.2, 0.25) is 0 Å². The first-order chi connectivity index (χ1) is 12.0. The van der Waals surface area contributed by atoms with Crippen LogP contribution in [-0.2, 0) is 7.05 Å². The lowest BCUT2D eigenvalue weighted by atomic mass is 10.1. The van der Waals surface area contributed by atoms with E-state index < -0.39 is 11.9 Å². The number of aryl methyl sites for hydroxylation is 3. The molecule has 0 bridgehead atoms. The van der Waals surface area contributed by atoms with Gasteiger partial charge in [-0.25, -0.2) is 10.1 Å². The van der Waals surface area contributed by atoms with Gasteiger partial charge in [0.05, 0.1) is 23.2 Å². The number of carbonyl (C=O) groups is 1. The Morgan fingerprint density at radius 2 is 2.04 bits per heavy atom. The van der Waals surface area contributed by atoms with Crippen molar-refractivity contribution >= 4 is 12.1 Å². The molecule has 7 nitrogen and oxygen atoms in total. The number of nitrogens with zero attached hydrogens (tertiary/aromatic N) is 4. The molecule has 0 fully saturated rings. The van der Waals surface area contributed by atoms with E-state index in [-0.39, 0.29) is 11.3 Å². The summed E-state index contributed by atoms with van der Waals surface area (Å²) in [6, 6.07) is 9.43. The van der Waals surface area contributed by atoms with Crippen LogP contribution in [0, 0.1) is 19.8 Å². The minimum absolute atomic E-state index is 0.229. The minimum atomic E-state index is -0.515. The molecule has 2 N–H and O–H groups in total. The maximum Gasteiger partial charge on any atom is 0.289 e. The summed E-state index contributed by atoms with van der Waals surface area (Å²) in [5.74, 6) is -0.984. The zero-order valence-corrected chi connectivity index (χ0v) is 14.0. The highest BCUT2D eigenvalue weighted by atomic mass is 19.1. The first kappa shape index (κ1) is 16.6. The van der Waals surface area contributed by atoms with E-state index in [0.717, 1.165) is 15.8 Å². The molecule has 1 amide bonds. The summed E-state index contributed by atoms with van der Waals surface area (Å²) in [7, 11) is 1.50. The average Bonchev–Trinajstić information content (AvgIpc) is 3.16. The third-order valence-corrected chi connectivity index (χ3v) is 3.73. The number of hydrazone groups is 1. The number of hydrogen-bond acceptors (Lipinski definition) is 4. The van der Waals surface area contributed by atoms with Crippen molar-refractivity contribution in [2.75, 3.05) is 0 Å². The largest absolute Gasteiger partial charge is 0.289 e. The number of aromatic amines is 1. The molecule has 0 saturated carbocycles. The molecule has 3 rings (SSSR count). The van der Waals surface area contributed by atoms with E-state index >= 15 is 0 Å². The van der Waals surface area contributed by atoms with Crippen molar-refractivity contribution in [3.05, 3.63) is 58.8 Å². The van der Waals surface area contributed by atoms with E-state index in [2.05, 4.69) is 25.8 Å². The van der Waals surface area contributed by atoms with Gasteiger partial charge in [-0.15, -0.1) is 0 Å². The van der Waals surface area contributed by atoms with Crippen LogP contribution in [0.25, 0.3) is 11.3 Å². The van der Waals surface area contributed by atoms with Crippen LogP contribution in [0.4, 0.5) is 4.39 Å². The predicted octanol–water partition coefficient (Wildman–Crippen LogP) is 2.33. The van der Waals surface area contributed by atoms with E-state index in [1.165, 1.54) is 13.3 Å². The lowest BCUT2D eigenvalue weighted by Crippen LogP contribution is -2.18. The van der Waals surface area contributed by atoms with Gasteiger partial charge in [-0.2, -0.15) is 19.7 Å². The van der Waals surface area contributed by atoms with E-state index in [4.69, 9.17) is 0 Å². The topological polar surface area (TPSA) is 88.0 Å². The van der Waals surface area contributed by atoms with Gasteiger partial charge in [0.1, 0.15) is 5.69 Å². The van der Waals surface area contributed by atoms with Crippen LogP contribution >= 0.6 is 0 Å². The number of nitrogens with one attached hydrogen (secondary N) is 2. The Bertz CT molecular complexity index is 939. The fourth-order valence-electron chi connectivity index (χ4n) is 2.32. The van der Waals surface area contributed by atoms with Crippen LogP contribution in [0.3, 0.4) is 0 Å². The van der Waals surface area contributed by atoms with Crippen LogP contribution in [0.1, 0.15) is 27.3 Å². The van der Waals surface area contributed by atoms with Crippen molar-refractivity contribution in [1.82, 2.24) is 25.4 Å². The first-order valence-corrected chi connectivity index (χ1v) is 7.60. The average molecular weight is 340 g/mol. The smallest absolute Gasteiger partial charge is 0.272 e. The van der Waals surface area contributed by atoms with E-state index in [1.807, 2.05) is 31.2 Å². The molecule has 0 atom stereocenters. The summed E-state index contributed by atoms with van der Waals surface area (Å²) in [5.41, 5.74) is 6.02. The van der Waals surface area contributed by atoms with Gasteiger partial charge < -0.3 is 0 Å². The molecule has 0 unspecified atom stereocenters. The second kappa shape index (κ2) is 6.68. The zero-order valence-electron chi connectivity index (χ0n) is 14.0. The van der Waals surface area contributed by atoms with E-state index in [1.54, 1.807) is 13.0 Å². The lowest BCUT2D eigenvalue weighted by molar-refractivity contribution is 0.0950. The quantitative estimate of drug-likeness (QED) is 0.564. The number of halogens is 1. The van der Waals surface area contributed by atoms with Crippen molar-refractivity contribution in [1.29, 1.82) is 0 Å². The van der Waals surface area contributed by atoms with Gasteiger partial charge in [0.2, 0.25) is 5.95 Å². The molecule has 0 saturated heterocycles. The molecule has 2 heterocycles. The molecule has 0 spiro atoms. The Balaban J connectivity index is 1.70. The van der Waals surface area contributed by atoms with Crippen LogP contribution in [0.15, 0.2) is 35.4 Å². The Morgan fingerprint density at radius 1 is 1.32 bits per heavy atom. The molecular weight excluding hydrogens is 323 g/mol. The Labute approximate surface area is 143 Å². The molecule has 1 aromatic carbocycles. The van der Waals surface area contributed by atoms with Gasteiger partial charge in [0, 0.05) is 12.6 Å². The van der Waals surface area contributed by atoms with Crippen LogP contribution in [0.5, 0.6) is 0 Å². The van der Waals surface area contributed by atoms with E-state index in [9.17, 15) is 9.18 Å². The van der Waals surface area contributed by atoms with Crippen molar-refractivity contribution in [2.45, 2.75) is 13.8 Å². The maximum absolute atomic E-state index is 13.8. The summed E-state index contributed by atoms with van der Waals surface area (Å²) in [6.45, 7) is 3.66. The monoisotopic (exact) mass is 340 g/mol. The number of carbonyl (C=O) groups excluding carboxylic acids is 1. The van der Waals surface area contributed by atoms with Crippen molar-refractivity contribution in [2.24, 2.45) is 12.1 Å². The number of H-pyrrole nitrogens is 1. The van der Waals surface area contributed by atoms with Crippen molar-refractivity contribution < 1.29 is 9.18 Å². The molecular formula is C17H17FN6O. The van der Waals surface area contributed by atoms with Gasteiger partial charge in [0.15, 0.2) is 0 Å². The highest BCUT2D eigenvalue weighted by Crippen LogP contribution is 2.18. The highest BCUT2D eigenvalue weighted by molar-refractivity contribution is 5.94. The first-order valence-electron chi connectivity index (χ1n) is 7.60. The zero-order chi connectivity index (χ0) is 18.0. The number of amides is 1. The van der Waals surface area contributed by atoms with Gasteiger partial charge in [-0.3, -0.25) is 9.89 Å². The number of benzene rings is 1. The summed E-state index contributed by atoms with van der Waals surface area (Å²) >= 11 is 0. The summed E-state index contributed by atoms with van der Waals surface area (Å²) in [4.78, 5) is 12.1. The number of rotatable bonds is 4. The molecule has 25 heavy (non-hydrogen) atoms. The molecule has 0 radical (unpaired) electrons. The molecule has 0 aliphatic carbocycles. The molecule has 8 heteroatoms. The highest BCUT2D eigenvalue weighted by Gasteiger charge is 2.12. The number of aromatic nitrogens is 4. The molecule has 128 valence electrons. The van der Waals surface area contributed by atoms with Gasteiger partial charge in [-0.05, 0) is 19.9 Å². The van der Waals surface area contributed by atoms with Crippen LogP contribution < -0.4 is 5.43 Å². The minimum Gasteiger partial charge on any atom is -0.272 e.